The number of carbonyl (C=O) groups is 1. The van der Waals surface area contributed by atoms with E-state index in [0.717, 1.165) is 33.7 Å². The third-order valence-electron chi connectivity index (χ3n) is 5.50. The lowest BCUT2D eigenvalue weighted by Crippen LogP contribution is -2.23. The van der Waals surface area contributed by atoms with Crippen LogP contribution in [0.25, 0.3) is 5.69 Å². The van der Waals surface area contributed by atoms with Crippen molar-refractivity contribution in [3.05, 3.63) is 89.2 Å². The maximum absolute atomic E-state index is 12.4. The number of benzene rings is 3. The molecule has 36 heavy (non-hydrogen) atoms. The van der Waals surface area contributed by atoms with E-state index in [2.05, 4.69) is 20.8 Å². The molecule has 0 bridgehead atoms. The minimum atomic E-state index is -0.0319. The molecule has 10 heteroatoms. The van der Waals surface area contributed by atoms with E-state index in [-0.39, 0.29) is 12.7 Å². The molecule has 1 amide bonds. The number of fused-ring (bicyclic) bond motifs is 1. The molecule has 5 rings (SSSR count). The molecule has 184 valence electrons. The van der Waals surface area contributed by atoms with Crippen LogP contribution in [0.15, 0.2) is 78.0 Å². The number of halogens is 1. The Kier molecular flexibility index (Phi) is 7.58. The second kappa shape index (κ2) is 11.4. The van der Waals surface area contributed by atoms with E-state index in [1.54, 1.807) is 0 Å². The van der Waals surface area contributed by atoms with Crippen molar-refractivity contribution < 1.29 is 14.3 Å². The minimum absolute atomic E-state index is 0.0319. The number of hydrogen-bond donors (Lipinski definition) is 2. The molecule has 2 heterocycles. The van der Waals surface area contributed by atoms with Crippen LogP contribution in [0.3, 0.4) is 0 Å². The number of aromatic nitrogens is 3. The van der Waals surface area contributed by atoms with E-state index < -0.39 is 0 Å². The van der Waals surface area contributed by atoms with Crippen molar-refractivity contribution in [3.8, 4) is 17.2 Å². The average Bonchev–Trinajstić information content (AvgIpc) is 3.54. The minimum Gasteiger partial charge on any atom is -0.454 e. The number of nitrogens with one attached hydrogen (secondary N) is 2. The van der Waals surface area contributed by atoms with Crippen LogP contribution in [0.1, 0.15) is 17.8 Å². The Morgan fingerprint density at radius 2 is 1.78 bits per heavy atom. The molecule has 0 radical (unpaired) electrons. The molecule has 8 nitrogen and oxygen atoms in total. The van der Waals surface area contributed by atoms with Crippen LogP contribution in [-0.4, -0.2) is 33.2 Å². The van der Waals surface area contributed by atoms with Crippen LogP contribution in [0.4, 0.5) is 5.69 Å². The second-order valence-electron chi connectivity index (χ2n) is 7.99. The molecular formula is C26H24ClN5O3S. The van der Waals surface area contributed by atoms with Gasteiger partial charge in [0.25, 0.3) is 0 Å². The molecule has 1 aliphatic heterocycles. The molecule has 0 spiro atoms. The molecule has 0 atom stereocenters. The van der Waals surface area contributed by atoms with Gasteiger partial charge < -0.3 is 20.1 Å². The fraction of sp³-hybridized carbons (Fsp3) is 0.192. The summed E-state index contributed by atoms with van der Waals surface area (Å²) in [5, 5.41) is 16.6. The predicted octanol–water partition coefficient (Wildman–Crippen LogP) is 5.06. The number of carbonyl (C=O) groups excluding carboxylic acids is 1. The SMILES string of the molecule is O=C(CCSc1nnc(CNc2ccc(Cl)cc2)n1-c1ccccc1)NCc1ccc2c(c1)OCO2. The first-order valence-corrected chi connectivity index (χ1v) is 12.8. The Bertz CT molecular complexity index is 1330. The predicted molar refractivity (Wildman–Crippen MR) is 140 cm³/mol. The molecule has 3 aromatic carbocycles. The lowest BCUT2D eigenvalue weighted by Gasteiger charge is -2.11. The zero-order valence-corrected chi connectivity index (χ0v) is 20.9. The van der Waals surface area contributed by atoms with E-state index in [0.29, 0.717) is 36.0 Å². The van der Waals surface area contributed by atoms with Crippen LogP contribution >= 0.6 is 23.4 Å². The van der Waals surface area contributed by atoms with E-state index in [9.17, 15) is 4.79 Å². The standard InChI is InChI=1S/C26H24ClN5O3S/c27-19-7-9-20(10-8-19)28-16-24-30-31-26(32(24)21-4-2-1-3-5-21)36-13-12-25(33)29-15-18-6-11-22-23(14-18)35-17-34-22/h1-11,14,28H,12-13,15-17H2,(H,29,33). The van der Waals surface area contributed by atoms with E-state index in [1.165, 1.54) is 11.8 Å². The van der Waals surface area contributed by atoms with Gasteiger partial charge in [-0.2, -0.15) is 0 Å². The molecule has 0 saturated heterocycles. The highest BCUT2D eigenvalue weighted by Gasteiger charge is 2.16. The number of nitrogens with zero attached hydrogens (tertiary/aromatic N) is 3. The fourth-order valence-electron chi connectivity index (χ4n) is 3.67. The van der Waals surface area contributed by atoms with Gasteiger partial charge in [-0.1, -0.05) is 47.6 Å². The van der Waals surface area contributed by atoms with Crippen LogP contribution in [0, 0.1) is 0 Å². The molecular weight excluding hydrogens is 498 g/mol. The van der Waals surface area contributed by atoms with Gasteiger partial charge in [0, 0.05) is 35.1 Å². The topological polar surface area (TPSA) is 90.3 Å². The summed E-state index contributed by atoms with van der Waals surface area (Å²) >= 11 is 7.48. The van der Waals surface area contributed by atoms with Gasteiger partial charge in [-0.15, -0.1) is 10.2 Å². The molecule has 0 unspecified atom stereocenters. The molecule has 1 aliphatic rings. The van der Waals surface area contributed by atoms with Gasteiger partial charge in [-0.3, -0.25) is 9.36 Å². The number of amides is 1. The highest BCUT2D eigenvalue weighted by atomic mass is 35.5. The summed E-state index contributed by atoms with van der Waals surface area (Å²) < 4.78 is 12.7. The van der Waals surface area contributed by atoms with Crippen LogP contribution in [-0.2, 0) is 17.9 Å². The Labute approximate surface area is 218 Å². The zero-order chi connectivity index (χ0) is 24.7. The third kappa shape index (κ3) is 5.92. The van der Waals surface area contributed by atoms with Crippen LogP contribution in [0.5, 0.6) is 11.5 Å². The van der Waals surface area contributed by atoms with Gasteiger partial charge in [0.1, 0.15) is 0 Å². The summed E-state index contributed by atoms with van der Waals surface area (Å²) in [6, 6.07) is 23.1. The van der Waals surface area contributed by atoms with Gasteiger partial charge in [-0.25, -0.2) is 0 Å². The monoisotopic (exact) mass is 521 g/mol. The van der Waals surface area contributed by atoms with Crippen molar-refractivity contribution in [2.24, 2.45) is 0 Å². The molecule has 2 N–H and O–H groups in total. The summed E-state index contributed by atoms with van der Waals surface area (Å²) in [7, 11) is 0. The second-order valence-corrected chi connectivity index (χ2v) is 9.49. The summed E-state index contributed by atoms with van der Waals surface area (Å²) in [6.45, 7) is 1.15. The maximum atomic E-state index is 12.4. The number of ether oxygens (including phenoxy) is 2. The quantitative estimate of drug-likeness (QED) is 0.282. The van der Waals surface area contributed by atoms with Crippen molar-refractivity contribution in [3.63, 3.8) is 0 Å². The summed E-state index contributed by atoms with van der Waals surface area (Å²) in [5.74, 6) is 2.75. The van der Waals surface area contributed by atoms with Gasteiger partial charge in [-0.05, 0) is 54.1 Å². The largest absolute Gasteiger partial charge is 0.454 e. The number of thioether (sulfide) groups is 1. The Morgan fingerprint density at radius 1 is 0.972 bits per heavy atom. The number of anilines is 1. The summed E-state index contributed by atoms with van der Waals surface area (Å²) in [5.41, 5.74) is 2.86. The van der Waals surface area contributed by atoms with Crippen molar-refractivity contribution in [2.45, 2.75) is 24.7 Å². The molecule has 4 aromatic rings. The van der Waals surface area contributed by atoms with Gasteiger partial charge >= 0.3 is 0 Å². The fourth-order valence-corrected chi connectivity index (χ4v) is 4.70. The van der Waals surface area contributed by atoms with Crippen molar-refractivity contribution in [1.29, 1.82) is 0 Å². The number of rotatable bonds is 10. The number of hydrogen-bond acceptors (Lipinski definition) is 7. The van der Waals surface area contributed by atoms with Gasteiger partial charge in [0.05, 0.1) is 6.54 Å². The zero-order valence-electron chi connectivity index (χ0n) is 19.3. The summed E-state index contributed by atoms with van der Waals surface area (Å²) in [4.78, 5) is 12.4. The van der Waals surface area contributed by atoms with E-state index >= 15 is 0 Å². The first kappa shape index (κ1) is 24.0. The van der Waals surface area contributed by atoms with Crippen molar-refractivity contribution >= 4 is 35.0 Å². The first-order chi connectivity index (χ1) is 17.7. The third-order valence-corrected chi connectivity index (χ3v) is 6.68. The normalized spacial score (nSPS) is 11.9. The Hall–Kier alpha value is -3.69. The van der Waals surface area contributed by atoms with Gasteiger partial charge in [0.15, 0.2) is 22.5 Å². The van der Waals surface area contributed by atoms with Crippen molar-refractivity contribution in [2.75, 3.05) is 17.9 Å². The van der Waals surface area contributed by atoms with Crippen molar-refractivity contribution in [1.82, 2.24) is 20.1 Å². The highest BCUT2D eigenvalue weighted by Crippen LogP contribution is 2.32. The Morgan fingerprint density at radius 3 is 2.61 bits per heavy atom. The van der Waals surface area contributed by atoms with Gasteiger partial charge in [0.2, 0.25) is 12.7 Å². The number of para-hydroxylation sites is 1. The van der Waals surface area contributed by atoms with Crippen LogP contribution < -0.4 is 20.1 Å². The van der Waals surface area contributed by atoms with Crippen LogP contribution in [0.2, 0.25) is 5.02 Å². The molecule has 0 saturated carbocycles. The summed E-state index contributed by atoms with van der Waals surface area (Å²) in [6.07, 6.45) is 0.356. The van der Waals surface area contributed by atoms with E-state index in [1.807, 2.05) is 77.4 Å². The average molecular weight is 522 g/mol. The highest BCUT2D eigenvalue weighted by molar-refractivity contribution is 7.99. The molecule has 0 fully saturated rings. The van der Waals surface area contributed by atoms with E-state index in [4.69, 9.17) is 21.1 Å². The lowest BCUT2D eigenvalue weighted by atomic mass is 10.2. The first-order valence-electron chi connectivity index (χ1n) is 11.4. The lowest BCUT2D eigenvalue weighted by molar-refractivity contribution is -0.120. The molecule has 0 aliphatic carbocycles. The Balaban J connectivity index is 1.18. The smallest absolute Gasteiger partial charge is 0.231 e. The molecule has 1 aromatic heterocycles. The maximum Gasteiger partial charge on any atom is 0.231 e.